The summed E-state index contributed by atoms with van der Waals surface area (Å²) in [5.74, 6) is -0.594. The molecule has 0 unspecified atom stereocenters. The smallest absolute Gasteiger partial charge is 0.271 e. The molecule has 1 aliphatic heterocycles. The molecule has 1 aromatic rings. The maximum atomic E-state index is 12.1. The van der Waals surface area contributed by atoms with Gasteiger partial charge < -0.3 is 9.84 Å². The minimum absolute atomic E-state index is 0.0568. The Bertz CT molecular complexity index is 721. The molecule has 0 saturated carbocycles. The lowest BCUT2D eigenvalue weighted by atomic mass is 10.1. The number of imide groups is 1. The van der Waals surface area contributed by atoms with Gasteiger partial charge in [0.25, 0.3) is 11.8 Å². The number of aliphatic hydroxyl groups excluding tert-OH is 1. The first kappa shape index (κ1) is 16.8. The molecule has 0 spiro atoms. The van der Waals surface area contributed by atoms with Gasteiger partial charge in [-0.25, -0.2) is 0 Å². The zero-order valence-corrected chi connectivity index (χ0v) is 13.3. The number of nitrogens with zero attached hydrogens (tertiary/aromatic N) is 1. The number of hydrogen-bond donors (Lipinski definition) is 1. The number of amides is 2. The van der Waals surface area contributed by atoms with E-state index in [9.17, 15) is 14.7 Å². The molecular weight excluding hydrogens is 318 g/mol. The third-order valence-electron chi connectivity index (χ3n) is 3.34. The summed E-state index contributed by atoms with van der Waals surface area (Å²) < 4.78 is 5.12. The molecule has 2 rings (SSSR count). The van der Waals surface area contributed by atoms with Crippen LogP contribution in [0.3, 0.4) is 0 Å². The summed E-state index contributed by atoms with van der Waals surface area (Å²) in [5.41, 5.74) is 1.09. The number of ether oxygens (including phenoxy) is 1. The van der Waals surface area contributed by atoms with Gasteiger partial charge in [0.15, 0.2) is 0 Å². The molecular formula is C17H16ClNO4. The van der Waals surface area contributed by atoms with E-state index in [1.54, 1.807) is 30.4 Å². The number of halogens is 1. The molecule has 1 heterocycles. The average Bonchev–Trinajstić information content (AvgIpc) is 2.54. The lowest BCUT2D eigenvalue weighted by Crippen LogP contribution is -2.38. The third-order valence-corrected chi connectivity index (χ3v) is 3.66. The predicted octanol–water partition coefficient (Wildman–Crippen LogP) is 3.12. The van der Waals surface area contributed by atoms with Crippen LogP contribution in [0.2, 0.25) is 0 Å². The van der Waals surface area contributed by atoms with Crippen molar-refractivity contribution in [2.75, 3.05) is 13.7 Å². The molecule has 6 heteroatoms. The molecule has 0 radical (unpaired) electrons. The van der Waals surface area contributed by atoms with Crippen molar-refractivity contribution >= 4 is 35.3 Å². The molecule has 120 valence electrons. The summed E-state index contributed by atoms with van der Waals surface area (Å²) in [6.07, 6.45) is 4.98. The Kier molecular flexibility index (Phi) is 5.24. The second-order valence-electron chi connectivity index (χ2n) is 4.88. The quantitative estimate of drug-likeness (QED) is 0.679. The number of carbonyl (C=O) groups is 2. The van der Waals surface area contributed by atoms with Crippen LogP contribution in [0.5, 0.6) is 5.75 Å². The predicted molar refractivity (Wildman–Crippen MR) is 89.0 cm³/mol. The van der Waals surface area contributed by atoms with Gasteiger partial charge in [0.2, 0.25) is 0 Å². The van der Waals surface area contributed by atoms with Crippen molar-refractivity contribution in [3.63, 3.8) is 0 Å². The molecule has 2 amide bonds. The van der Waals surface area contributed by atoms with E-state index in [1.165, 1.54) is 13.2 Å². The Balaban J connectivity index is 2.18. The Morgan fingerprint density at radius 1 is 1.48 bits per heavy atom. The number of aliphatic hydroxyl groups is 1. The molecule has 0 atom stereocenters. The summed E-state index contributed by atoms with van der Waals surface area (Å²) in [4.78, 5) is 25.0. The van der Waals surface area contributed by atoms with Crippen LogP contribution >= 0.6 is 11.6 Å². The van der Waals surface area contributed by atoms with Crippen LogP contribution in [0.1, 0.15) is 17.5 Å². The van der Waals surface area contributed by atoms with Crippen LogP contribution in [0, 0.1) is 0 Å². The van der Waals surface area contributed by atoms with E-state index in [0.717, 1.165) is 4.90 Å². The Morgan fingerprint density at radius 2 is 2.22 bits per heavy atom. The fraction of sp³-hybridized carbons (Fsp3) is 0.176. The van der Waals surface area contributed by atoms with Gasteiger partial charge in [-0.3, -0.25) is 14.5 Å². The van der Waals surface area contributed by atoms with E-state index >= 15 is 0 Å². The topological polar surface area (TPSA) is 66.8 Å². The lowest BCUT2D eigenvalue weighted by molar-refractivity contribution is -0.139. The molecule has 5 nitrogen and oxygen atoms in total. The van der Waals surface area contributed by atoms with Crippen LogP contribution in [-0.2, 0) is 9.59 Å². The van der Waals surface area contributed by atoms with Crippen molar-refractivity contribution in [2.45, 2.75) is 6.42 Å². The van der Waals surface area contributed by atoms with Gasteiger partial charge >= 0.3 is 0 Å². The zero-order chi connectivity index (χ0) is 17.0. The molecule has 1 aromatic carbocycles. The average molecular weight is 334 g/mol. The van der Waals surface area contributed by atoms with E-state index in [2.05, 4.69) is 6.58 Å². The third kappa shape index (κ3) is 3.81. The number of carbonyl (C=O) groups excluding carboxylic acids is 2. The van der Waals surface area contributed by atoms with Crippen LogP contribution < -0.4 is 4.74 Å². The highest BCUT2D eigenvalue weighted by molar-refractivity contribution is 6.43. The van der Waals surface area contributed by atoms with Crippen LogP contribution in [0.25, 0.3) is 11.8 Å². The van der Waals surface area contributed by atoms with Gasteiger partial charge in [-0.1, -0.05) is 30.3 Å². The number of benzene rings is 1. The normalized spacial score (nSPS) is 14.8. The van der Waals surface area contributed by atoms with Crippen molar-refractivity contribution in [3.05, 3.63) is 53.1 Å². The SMILES string of the molecule is C=C(O)c1cc(/C=C/C(=O)N2CCC=C(Cl)C2=O)ccc1OC. The second-order valence-corrected chi connectivity index (χ2v) is 5.28. The summed E-state index contributed by atoms with van der Waals surface area (Å²) in [7, 11) is 1.49. The fourth-order valence-corrected chi connectivity index (χ4v) is 2.37. The molecule has 23 heavy (non-hydrogen) atoms. The number of rotatable bonds is 4. The first-order valence-corrected chi connectivity index (χ1v) is 7.27. The van der Waals surface area contributed by atoms with E-state index in [0.29, 0.717) is 29.8 Å². The Hall–Kier alpha value is -2.53. The highest BCUT2D eigenvalue weighted by Crippen LogP contribution is 2.25. The zero-order valence-electron chi connectivity index (χ0n) is 12.6. The van der Waals surface area contributed by atoms with Crippen molar-refractivity contribution in [1.82, 2.24) is 4.90 Å². The van der Waals surface area contributed by atoms with Gasteiger partial charge in [0, 0.05) is 12.6 Å². The lowest BCUT2D eigenvalue weighted by Gasteiger charge is -2.21. The molecule has 0 aliphatic carbocycles. The van der Waals surface area contributed by atoms with Gasteiger partial charge in [-0.05, 0) is 30.2 Å². The minimum Gasteiger partial charge on any atom is -0.508 e. The van der Waals surface area contributed by atoms with Gasteiger partial charge in [0.1, 0.15) is 16.5 Å². The molecule has 0 saturated heterocycles. The van der Waals surface area contributed by atoms with Crippen molar-refractivity contribution in [1.29, 1.82) is 0 Å². The summed E-state index contributed by atoms with van der Waals surface area (Å²) in [6.45, 7) is 3.78. The first-order valence-electron chi connectivity index (χ1n) is 6.90. The van der Waals surface area contributed by atoms with E-state index < -0.39 is 11.8 Å². The van der Waals surface area contributed by atoms with Crippen molar-refractivity contribution < 1.29 is 19.4 Å². The van der Waals surface area contributed by atoms with Gasteiger partial charge in [-0.2, -0.15) is 0 Å². The van der Waals surface area contributed by atoms with Gasteiger partial charge in [-0.15, -0.1) is 0 Å². The van der Waals surface area contributed by atoms with E-state index in [-0.39, 0.29) is 10.8 Å². The van der Waals surface area contributed by atoms with Crippen LogP contribution in [0.15, 0.2) is 42.0 Å². The Morgan fingerprint density at radius 3 is 2.87 bits per heavy atom. The highest BCUT2D eigenvalue weighted by Gasteiger charge is 2.24. The minimum atomic E-state index is -0.494. The van der Waals surface area contributed by atoms with Gasteiger partial charge in [0.05, 0.1) is 12.7 Å². The molecule has 0 aromatic heterocycles. The van der Waals surface area contributed by atoms with Crippen LogP contribution in [-0.4, -0.2) is 35.5 Å². The van der Waals surface area contributed by atoms with Crippen molar-refractivity contribution in [2.24, 2.45) is 0 Å². The molecule has 0 fully saturated rings. The summed E-state index contributed by atoms with van der Waals surface area (Å²) >= 11 is 5.75. The van der Waals surface area contributed by atoms with Crippen molar-refractivity contribution in [3.8, 4) is 5.75 Å². The Labute approximate surface area is 139 Å². The summed E-state index contributed by atoms with van der Waals surface area (Å²) in [6, 6.07) is 5.02. The van der Waals surface area contributed by atoms with E-state index in [1.807, 2.05) is 0 Å². The van der Waals surface area contributed by atoms with Crippen LogP contribution in [0.4, 0.5) is 0 Å². The molecule has 1 aliphatic rings. The highest BCUT2D eigenvalue weighted by atomic mass is 35.5. The second kappa shape index (κ2) is 7.15. The summed E-state index contributed by atoms with van der Waals surface area (Å²) in [5, 5.41) is 9.62. The first-order chi connectivity index (χ1) is 10.9. The fourth-order valence-electron chi connectivity index (χ4n) is 2.16. The maximum absolute atomic E-state index is 12.1. The molecule has 1 N–H and O–H groups in total. The molecule has 0 bridgehead atoms. The standard InChI is InChI=1S/C17H16ClNO4/c1-11(20)13-10-12(5-7-15(13)23-2)6-8-16(21)19-9-3-4-14(18)17(19)22/h4-8,10,20H,1,3,9H2,2H3/b8-6+. The number of methoxy groups -OCH3 is 1. The van der Waals surface area contributed by atoms with E-state index in [4.69, 9.17) is 16.3 Å². The largest absolute Gasteiger partial charge is 0.508 e. The monoisotopic (exact) mass is 333 g/mol. The maximum Gasteiger partial charge on any atom is 0.271 e. The number of hydrogen-bond acceptors (Lipinski definition) is 4.